The number of hydrogen-bond acceptors (Lipinski definition) is 6. The predicted octanol–water partition coefficient (Wildman–Crippen LogP) is 3.34. The third-order valence-electron chi connectivity index (χ3n) is 5.44. The highest BCUT2D eigenvalue weighted by molar-refractivity contribution is 6.76. The molecule has 0 amide bonds. The lowest BCUT2D eigenvalue weighted by atomic mass is 10.1. The van der Waals surface area contributed by atoms with E-state index in [1.807, 2.05) is 16.7 Å². The lowest BCUT2D eigenvalue weighted by Crippen LogP contribution is -2.22. The van der Waals surface area contributed by atoms with E-state index in [1.54, 1.807) is 12.4 Å². The number of fused-ring (bicyclic) bond motifs is 3. The topological polar surface area (TPSA) is 87.2 Å². The molecule has 1 aliphatic rings. The van der Waals surface area contributed by atoms with E-state index in [4.69, 9.17) is 4.74 Å². The highest BCUT2D eigenvalue weighted by Gasteiger charge is 2.25. The van der Waals surface area contributed by atoms with E-state index in [2.05, 4.69) is 40.6 Å². The first kappa shape index (κ1) is 19.8. The molecule has 152 valence electrons. The van der Waals surface area contributed by atoms with E-state index in [0.717, 1.165) is 53.2 Å². The molecule has 29 heavy (non-hydrogen) atoms. The van der Waals surface area contributed by atoms with Gasteiger partial charge in [-0.05, 0) is 24.6 Å². The third kappa shape index (κ3) is 3.99. The van der Waals surface area contributed by atoms with Gasteiger partial charge >= 0.3 is 0 Å². The fraction of sp³-hybridized carbons (Fsp3) is 0.476. The van der Waals surface area contributed by atoms with Gasteiger partial charge in [0, 0.05) is 39.4 Å². The summed E-state index contributed by atoms with van der Waals surface area (Å²) >= 11 is 0. The minimum Gasteiger partial charge on any atom is -0.391 e. The van der Waals surface area contributed by atoms with Crippen LogP contribution in [0.25, 0.3) is 21.9 Å². The van der Waals surface area contributed by atoms with Gasteiger partial charge in [-0.2, -0.15) is 5.26 Å². The van der Waals surface area contributed by atoms with Gasteiger partial charge in [0.15, 0.2) is 0 Å². The zero-order chi connectivity index (χ0) is 20.6. The predicted molar refractivity (Wildman–Crippen MR) is 117 cm³/mol. The molecule has 1 aliphatic heterocycles. The molecule has 0 aliphatic carbocycles. The largest absolute Gasteiger partial charge is 0.391 e. The Morgan fingerprint density at radius 3 is 2.86 bits per heavy atom. The van der Waals surface area contributed by atoms with Crippen molar-refractivity contribution in [1.29, 1.82) is 5.26 Å². The van der Waals surface area contributed by atoms with Gasteiger partial charge in [0.2, 0.25) is 0 Å². The Balaban J connectivity index is 1.79. The normalized spacial score (nSPS) is 17.3. The highest BCUT2D eigenvalue weighted by atomic mass is 28.3. The molecule has 8 heteroatoms. The number of β-amino-alcohol motifs (C(OH)–C–C–N with tert-alkyl or cyclic N) is 1. The minimum atomic E-state index is -1.16. The summed E-state index contributed by atoms with van der Waals surface area (Å²) in [6.45, 7) is 9.54. The molecule has 4 heterocycles. The summed E-state index contributed by atoms with van der Waals surface area (Å²) in [6.07, 6.45) is 3.99. The molecular formula is C21H27N5O2Si. The van der Waals surface area contributed by atoms with E-state index in [9.17, 15) is 10.4 Å². The summed E-state index contributed by atoms with van der Waals surface area (Å²) in [5.74, 6) is 0. The van der Waals surface area contributed by atoms with Crippen molar-refractivity contribution in [2.75, 3.05) is 24.6 Å². The van der Waals surface area contributed by atoms with Gasteiger partial charge in [0.1, 0.15) is 24.1 Å². The highest BCUT2D eigenvalue weighted by Crippen LogP contribution is 2.36. The molecule has 7 nitrogen and oxygen atoms in total. The van der Waals surface area contributed by atoms with Gasteiger partial charge in [-0.15, -0.1) is 0 Å². The van der Waals surface area contributed by atoms with Gasteiger partial charge < -0.3 is 14.7 Å². The molecule has 0 saturated carbocycles. The Hall–Kier alpha value is -2.47. The van der Waals surface area contributed by atoms with Gasteiger partial charge in [-0.25, -0.2) is 9.97 Å². The van der Waals surface area contributed by atoms with Crippen molar-refractivity contribution >= 4 is 35.7 Å². The van der Waals surface area contributed by atoms with Crippen molar-refractivity contribution in [2.24, 2.45) is 0 Å². The zero-order valence-electron chi connectivity index (χ0n) is 17.2. The monoisotopic (exact) mass is 409 g/mol. The van der Waals surface area contributed by atoms with Crippen molar-refractivity contribution < 1.29 is 9.84 Å². The van der Waals surface area contributed by atoms with Crippen LogP contribution in [0.3, 0.4) is 0 Å². The maximum Gasteiger partial charge on any atom is 0.145 e. The molecule has 0 radical (unpaired) electrons. The standard InChI is InChI=1S/C21H27N5O2Si/c1-29(2,3)9-8-28-14-26-19-12-24-15(11-22)10-17(19)20-18(4-6-23-21(20)26)25-7-5-16(27)13-25/h4,6,10,12,16,27H,5,7-9,13-14H2,1-3H3. The Morgan fingerprint density at radius 2 is 2.17 bits per heavy atom. The number of anilines is 1. The van der Waals surface area contributed by atoms with Crippen molar-refractivity contribution in [3.05, 3.63) is 30.2 Å². The maximum atomic E-state index is 10.0. The van der Waals surface area contributed by atoms with Gasteiger partial charge in [0.25, 0.3) is 0 Å². The fourth-order valence-electron chi connectivity index (χ4n) is 3.83. The molecule has 1 N–H and O–H groups in total. The van der Waals surface area contributed by atoms with E-state index >= 15 is 0 Å². The Kier molecular flexibility index (Phi) is 5.30. The second kappa shape index (κ2) is 7.75. The summed E-state index contributed by atoms with van der Waals surface area (Å²) in [5.41, 5.74) is 3.15. The van der Waals surface area contributed by atoms with Crippen LogP contribution in [0, 0.1) is 11.3 Å². The van der Waals surface area contributed by atoms with Crippen LogP contribution in [0.2, 0.25) is 25.7 Å². The number of aliphatic hydroxyl groups is 1. The molecule has 0 spiro atoms. The van der Waals surface area contributed by atoms with Gasteiger partial charge in [-0.3, -0.25) is 4.57 Å². The number of hydrogen-bond donors (Lipinski definition) is 1. The first-order chi connectivity index (χ1) is 13.9. The molecule has 0 bridgehead atoms. The van der Waals surface area contributed by atoms with E-state index in [-0.39, 0.29) is 6.10 Å². The van der Waals surface area contributed by atoms with Crippen molar-refractivity contribution in [2.45, 2.75) is 44.9 Å². The van der Waals surface area contributed by atoms with Crippen LogP contribution >= 0.6 is 0 Å². The third-order valence-corrected chi connectivity index (χ3v) is 7.15. The molecule has 3 aromatic heterocycles. The molecule has 1 saturated heterocycles. The fourth-order valence-corrected chi connectivity index (χ4v) is 4.59. The first-order valence-corrected chi connectivity index (χ1v) is 13.8. The number of nitrogens with zero attached hydrogens (tertiary/aromatic N) is 5. The van der Waals surface area contributed by atoms with Crippen LogP contribution < -0.4 is 4.90 Å². The zero-order valence-corrected chi connectivity index (χ0v) is 18.2. The molecule has 1 fully saturated rings. The lowest BCUT2D eigenvalue weighted by Gasteiger charge is -2.19. The Bertz CT molecular complexity index is 1080. The summed E-state index contributed by atoms with van der Waals surface area (Å²) in [7, 11) is -1.16. The number of pyridine rings is 2. The summed E-state index contributed by atoms with van der Waals surface area (Å²) < 4.78 is 8.06. The number of aromatic nitrogens is 3. The van der Waals surface area contributed by atoms with Crippen molar-refractivity contribution in [3.8, 4) is 6.07 Å². The molecule has 1 atom stereocenters. The van der Waals surface area contributed by atoms with Crippen LogP contribution in [0.15, 0.2) is 24.5 Å². The first-order valence-electron chi connectivity index (χ1n) is 10.1. The average molecular weight is 410 g/mol. The SMILES string of the molecule is C[Si](C)(C)CCOCn1c2cnc(C#N)cc2c2c(N3CCC(O)C3)ccnc21. The van der Waals surface area contributed by atoms with Gasteiger partial charge in [-0.1, -0.05) is 19.6 Å². The molecule has 3 aromatic rings. The van der Waals surface area contributed by atoms with Crippen LogP contribution in [0.1, 0.15) is 12.1 Å². The van der Waals surface area contributed by atoms with Crippen LogP contribution in [0.4, 0.5) is 5.69 Å². The van der Waals surface area contributed by atoms with Crippen molar-refractivity contribution in [3.63, 3.8) is 0 Å². The maximum absolute atomic E-state index is 10.0. The van der Waals surface area contributed by atoms with E-state index < -0.39 is 8.07 Å². The lowest BCUT2D eigenvalue weighted by molar-refractivity contribution is 0.0925. The van der Waals surface area contributed by atoms with Crippen molar-refractivity contribution in [1.82, 2.24) is 14.5 Å². The Morgan fingerprint density at radius 1 is 1.34 bits per heavy atom. The van der Waals surface area contributed by atoms with Gasteiger partial charge in [0.05, 0.1) is 28.9 Å². The Labute approximate surface area is 171 Å². The summed E-state index contributed by atoms with van der Waals surface area (Å²) in [6, 6.07) is 7.06. The second-order valence-corrected chi connectivity index (χ2v) is 14.5. The summed E-state index contributed by atoms with van der Waals surface area (Å²) in [5, 5.41) is 21.3. The summed E-state index contributed by atoms with van der Waals surface area (Å²) in [4.78, 5) is 11.1. The molecule has 4 rings (SSSR count). The number of ether oxygens (including phenoxy) is 1. The van der Waals surface area contributed by atoms with Crippen LogP contribution in [-0.4, -0.2) is 53.5 Å². The average Bonchev–Trinajstić information content (AvgIpc) is 3.25. The molecule has 0 aromatic carbocycles. The minimum absolute atomic E-state index is 0.312. The van der Waals surface area contributed by atoms with E-state index in [0.29, 0.717) is 19.0 Å². The van der Waals surface area contributed by atoms with E-state index in [1.165, 1.54) is 0 Å². The molecular weight excluding hydrogens is 382 g/mol. The van der Waals surface area contributed by atoms with Crippen LogP contribution in [-0.2, 0) is 11.5 Å². The number of nitriles is 1. The molecule has 1 unspecified atom stereocenters. The van der Waals surface area contributed by atoms with Crippen LogP contribution in [0.5, 0.6) is 0 Å². The second-order valence-electron chi connectivity index (χ2n) is 8.89. The smallest absolute Gasteiger partial charge is 0.145 e. The number of aliphatic hydroxyl groups excluding tert-OH is 1. The number of rotatable bonds is 6. The quantitative estimate of drug-likeness (QED) is 0.496.